The van der Waals surface area contributed by atoms with E-state index in [1.54, 1.807) is 0 Å². The van der Waals surface area contributed by atoms with E-state index in [9.17, 15) is 9.59 Å². The van der Waals surface area contributed by atoms with Crippen molar-refractivity contribution in [2.24, 2.45) is 0 Å². The molecule has 0 aliphatic rings. The number of carbonyl (C=O) groups excluding carboxylic acids is 1. The quantitative estimate of drug-likeness (QED) is 0.716. The summed E-state index contributed by atoms with van der Waals surface area (Å²) in [5.74, 6) is -0.564. The lowest BCUT2D eigenvalue weighted by Crippen LogP contribution is -2.29. The van der Waals surface area contributed by atoms with Crippen molar-refractivity contribution in [3.05, 3.63) is 53.3 Å². The molecule has 6 nitrogen and oxygen atoms in total. The average Bonchev–Trinajstić information content (AvgIpc) is 3.13. The van der Waals surface area contributed by atoms with Gasteiger partial charge in [0.25, 0.3) is 0 Å². The smallest absolute Gasteiger partial charge is 0.338 e. The summed E-state index contributed by atoms with van der Waals surface area (Å²) in [5.41, 5.74) is 2.53. The summed E-state index contributed by atoms with van der Waals surface area (Å²) in [6.45, 7) is 6.77. The Morgan fingerprint density at radius 3 is 2.35 bits per heavy atom. The topological polar surface area (TPSA) is 84.2 Å². The zero-order valence-electron chi connectivity index (χ0n) is 15.6. The van der Waals surface area contributed by atoms with Crippen molar-refractivity contribution in [3.8, 4) is 0 Å². The number of aromatic carboxylic acids is 1. The number of carboxylic acid groups (broad SMARTS) is 1. The molecule has 1 amide bonds. The van der Waals surface area contributed by atoms with Gasteiger partial charge >= 0.3 is 5.97 Å². The summed E-state index contributed by atoms with van der Waals surface area (Å²) < 4.78 is 1.48. The lowest BCUT2D eigenvalue weighted by molar-refractivity contribution is -0.122. The Balaban J connectivity index is 1.91. The molecule has 0 radical (unpaired) electrons. The van der Waals surface area contributed by atoms with Crippen LogP contribution in [-0.2, 0) is 11.3 Å². The molecular weight excluding hydrogens is 330 g/mol. The van der Waals surface area contributed by atoms with Crippen LogP contribution in [0.2, 0.25) is 0 Å². The van der Waals surface area contributed by atoms with E-state index in [1.165, 1.54) is 22.6 Å². The standard InChI is InChI=1S/C20H27N3O3/c1-4-14(3)15-6-8-16(9-7-15)18(5-2)22-19(24)10-11-23-13-17(12-21-23)20(25)26/h6-9,12-14,18H,4-5,10-11H2,1-3H3,(H,22,24)(H,25,26). The van der Waals surface area contributed by atoms with E-state index >= 15 is 0 Å². The summed E-state index contributed by atoms with van der Waals surface area (Å²) in [6, 6.07) is 8.41. The van der Waals surface area contributed by atoms with Crippen LogP contribution in [0.25, 0.3) is 0 Å². The highest BCUT2D eigenvalue weighted by Gasteiger charge is 2.14. The summed E-state index contributed by atoms with van der Waals surface area (Å²) in [4.78, 5) is 23.1. The van der Waals surface area contributed by atoms with Crippen molar-refractivity contribution >= 4 is 11.9 Å². The number of carbonyl (C=O) groups is 2. The van der Waals surface area contributed by atoms with E-state index < -0.39 is 5.97 Å². The molecule has 0 saturated carbocycles. The van der Waals surface area contributed by atoms with Gasteiger partial charge in [-0.05, 0) is 29.9 Å². The maximum atomic E-state index is 12.3. The van der Waals surface area contributed by atoms with Crippen molar-refractivity contribution < 1.29 is 14.7 Å². The van der Waals surface area contributed by atoms with Gasteiger partial charge in [0.1, 0.15) is 0 Å². The zero-order valence-corrected chi connectivity index (χ0v) is 15.6. The molecule has 26 heavy (non-hydrogen) atoms. The summed E-state index contributed by atoms with van der Waals surface area (Å²) in [5, 5.41) is 15.9. The third-order valence-corrected chi connectivity index (χ3v) is 4.71. The van der Waals surface area contributed by atoms with Gasteiger partial charge in [0, 0.05) is 19.2 Å². The first kappa shape index (κ1) is 19.7. The molecule has 0 fully saturated rings. The number of aryl methyl sites for hydroxylation is 1. The van der Waals surface area contributed by atoms with Crippen LogP contribution in [0, 0.1) is 0 Å². The largest absolute Gasteiger partial charge is 0.478 e. The second kappa shape index (κ2) is 9.17. The second-order valence-corrected chi connectivity index (χ2v) is 6.55. The number of carboxylic acids is 1. The first-order valence-corrected chi connectivity index (χ1v) is 9.09. The van der Waals surface area contributed by atoms with E-state index in [1.807, 2.05) is 6.92 Å². The maximum absolute atomic E-state index is 12.3. The second-order valence-electron chi connectivity index (χ2n) is 6.55. The number of hydrogen-bond donors (Lipinski definition) is 2. The van der Waals surface area contributed by atoms with Gasteiger partial charge in [-0.25, -0.2) is 4.79 Å². The van der Waals surface area contributed by atoms with Crippen molar-refractivity contribution in [2.75, 3.05) is 0 Å². The Hall–Kier alpha value is -2.63. The Morgan fingerprint density at radius 1 is 1.15 bits per heavy atom. The molecule has 1 heterocycles. The van der Waals surface area contributed by atoms with Crippen LogP contribution in [0.4, 0.5) is 0 Å². The molecule has 2 unspecified atom stereocenters. The van der Waals surface area contributed by atoms with Crippen molar-refractivity contribution in [1.82, 2.24) is 15.1 Å². The first-order valence-electron chi connectivity index (χ1n) is 9.09. The fraction of sp³-hybridized carbons (Fsp3) is 0.450. The highest BCUT2D eigenvalue weighted by molar-refractivity contribution is 5.86. The Labute approximate surface area is 154 Å². The van der Waals surface area contributed by atoms with Gasteiger partial charge in [-0.2, -0.15) is 5.10 Å². The normalized spacial score (nSPS) is 13.2. The molecule has 0 aliphatic carbocycles. The molecule has 2 aromatic rings. The van der Waals surface area contributed by atoms with Crippen molar-refractivity contribution in [3.63, 3.8) is 0 Å². The number of nitrogens with zero attached hydrogens (tertiary/aromatic N) is 2. The van der Waals surface area contributed by atoms with Gasteiger partial charge in [-0.3, -0.25) is 9.48 Å². The van der Waals surface area contributed by atoms with Crippen LogP contribution in [0.15, 0.2) is 36.7 Å². The minimum absolute atomic E-state index is 0.0271. The lowest BCUT2D eigenvalue weighted by atomic mass is 9.95. The van der Waals surface area contributed by atoms with E-state index in [0.717, 1.165) is 18.4 Å². The summed E-state index contributed by atoms with van der Waals surface area (Å²) in [7, 11) is 0. The van der Waals surface area contributed by atoms with Gasteiger partial charge in [0.15, 0.2) is 0 Å². The molecule has 2 rings (SSSR count). The Bertz CT molecular complexity index is 737. The van der Waals surface area contributed by atoms with E-state index in [2.05, 4.69) is 48.5 Å². The van der Waals surface area contributed by atoms with E-state index in [0.29, 0.717) is 12.5 Å². The molecule has 2 N–H and O–H groups in total. The highest BCUT2D eigenvalue weighted by atomic mass is 16.4. The molecule has 1 aromatic carbocycles. The molecule has 2 atom stereocenters. The Kier molecular flexibility index (Phi) is 6.95. The summed E-state index contributed by atoms with van der Waals surface area (Å²) >= 11 is 0. The molecule has 0 spiro atoms. The molecular formula is C20H27N3O3. The van der Waals surface area contributed by atoms with Gasteiger partial charge in [0.2, 0.25) is 5.91 Å². The number of amides is 1. The van der Waals surface area contributed by atoms with Gasteiger partial charge in [-0.1, -0.05) is 45.0 Å². The molecule has 0 saturated heterocycles. The molecule has 140 valence electrons. The molecule has 0 bridgehead atoms. The molecule has 0 aliphatic heterocycles. The molecule has 6 heteroatoms. The van der Waals surface area contributed by atoms with Crippen molar-refractivity contribution in [1.29, 1.82) is 0 Å². The van der Waals surface area contributed by atoms with Gasteiger partial charge in [0.05, 0.1) is 17.8 Å². The number of aromatic nitrogens is 2. The van der Waals surface area contributed by atoms with E-state index in [4.69, 9.17) is 5.11 Å². The van der Waals surface area contributed by atoms with E-state index in [-0.39, 0.29) is 23.9 Å². The van der Waals surface area contributed by atoms with Crippen LogP contribution in [0.5, 0.6) is 0 Å². The number of nitrogens with one attached hydrogen (secondary N) is 1. The monoisotopic (exact) mass is 357 g/mol. The third-order valence-electron chi connectivity index (χ3n) is 4.71. The minimum atomic E-state index is -1.02. The minimum Gasteiger partial charge on any atom is -0.478 e. The number of hydrogen-bond acceptors (Lipinski definition) is 3. The highest BCUT2D eigenvalue weighted by Crippen LogP contribution is 2.22. The van der Waals surface area contributed by atoms with Gasteiger partial charge in [-0.15, -0.1) is 0 Å². The van der Waals surface area contributed by atoms with Gasteiger partial charge < -0.3 is 10.4 Å². The first-order chi connectivity index (χ1) is 12.4. The number of benzene rings is 1. The van der Waals surface area contributed by atoms with Crippen LogP contribution >= 0.6 is 0 Å². The zero-order chi connectivity index (χ0) is 19.1. The van der Waals surface area contributed by atoms with Crippen LogP contribution in [0.1, 0.15) is 73.5 Å². The molecule has 1 aromatic heterocycles. The average molecular weight is 357 g/mol. The third kappa shape index (κ3) is 5.18. The summed E-state index contributed by atoms with van der Waals surface area (Å²) in [6.07, 6.45) is 4.88. The predicted molar refractivity (Wildman–Crippen MR) is 100 cm³/mol. The van der Waals surface area contributed by atoms with Crippen LogP contribution in [0.3, 0.4) is 0 Å². The number of rotatable bonds is 9. The lowest BCUT2D eigenvalue weighted by Gasteiger charge is -2.19. The predicted octanol–water partition coefficient (Wildman–Crippen LogP) is 3.75. The maximum Gasteiger partial charge on any atom is 0.338 e. The van der Waals surface area contributed by atoms with Crippen molar-refractivity contribution in [2.45, 2.75) is 58.5 Å². The SMILES string of the molecule is CCC(C)c1ccc(C(CC)NC(=O)CCn2cc(C(=O)O)cn2)cc1. The van der Waals surface area contributed by atoms with Crippen LogP contribution < -0.4 is 5.32 Å². The Morgan fingerprint density at radius 2 is 1.81 bits per heavy atom. The van der Waals surface area contributed by atoms with Crippen LogP contribution in [-0.4, -0.2) is 26.8 Å². The fourth-order valence-corrected chi connectivity index (χ4v) is 2.79. The fourth-order valence-electron chi connectivity index (χ4n) is 2.79.